The molecule has 0 saturated carbocycles. The largest absolute Gasteiger partial charge is 0.462 e. The molecule has 1 aliphatic rings. The quantitative estimate of drug-likeness (QED) is 0.225. The van der Waals surface area contributed by atoms with Crippen LogP contribution in [0.4, 0.5) is 0 Å². The number of hydrogen-bond acceptors (Lipinski definition) is 10. The van der Waals surface area contributed by atoms with E-state index >= 15 is 0 Å². The number of nitrogens with one attached hydrogen (secondary N) is 2. The number of rotatable bonds is 10. The number of nitriles is 1. The number of benzene rings is 1. The number of ether oxygens (including phenoxy) is 2. The van der Waals surface area contributed by atoms with Crippen molar-refractivity contribution in [2.45, 2.75) is 58.3 Å². The Labute approximate surface area is 218 Å². The molecule has 12 nitrogen and oxygen atoms in total. The van der Waals surface area contributed by atoms with Crippen LogP contribution in [-0.4, -0.2) is 51.6 Å². The number of aryl methyl sites for hydroxylation is 1. The van der Waals surface area contributed by atoms with E-state index in [9.17, 15) is 24.5 Å². The first-order valence-electron chi connectivity index (χ1n) is 11.5. The second kappa shape index (κ2) is 12.1. The minimum absolute atomic E-state index is 0.00635. The lowest BCUT2D eigenvalue weighted by atomic mass is 10.0. The van der Waals surface area contributed by atoms with E-state index in [0.29, 0.717) is 5.56 Å². The third-order valence-electron chi connectivity index (χ3n) is 5.37. The van der Waals surface area contributed by atoms with Gasteiger partial charge in [-0.3, -0.25) is 23.7 Å². The first kappa shape index (κ1) is 28.7. The maximum Gasteiger partial charge on any atom is 0.459 e. The van der Waals surface area contributed by atoms with Gasteiger partial charge in [0.2, 0.25) is 0 Å². The molecule has 0 aliphatic carbocycles. The summed E-state index contributed by atoms with van der Waals surface area (Å²) < 4.78 is 37.2. The first-order valence-corrected chi connectivity index (χ1v) is 13.4. The Morgan fingerprint density at radius 3 is 2.65 bits per heavy atom. The molecule has 3 N–H and O–H groups in total. The van der Waals surface area contributed by atoms with Crippen molar-refractivity contribution >= 4 is 25.9 Å². The number of aliphatic hydroxyl groups is 1. The van der Waals surface area contributed by atoms with Crippen LogP contribution >= 0.6 is 20.0 Å². The normalized spacial score (nSPS) is 23.7. The van der Waals surface area contributed by atoms with Crippen LogP contribution in [0.3, 0.4) is 0 Å². The Morgan fingerprint density at radius 2 is 2.03 bits per heavy atom. The van der Waals surface area contributed by atoms with E-state index in [1.54, 1.807) is 51.1 Å². The van der Waals surface area contributed by atoms with E-state index in [-0.39, 0.29) is 16.1 Å². The average Bonchev–Trinajstić information content (AvgIpc) is 3.15. The number of carbonyl (C=O) groups is 1. The molecular weight excluding hydrogens is 523 g/mol. The molecule has 1 saturated heterocycles. The lowest BCUT2D eigenvalue weighted by Crippen LogP contribution is -2.37. The molecule has 1 aromatic carbocycles. The van der Waals surface area contributed by atoms with Crippen molar-refractivity contribution in [3.8, 4) is 11.8 Å². The van der Waals surface area contributed by atoms with Gasteiger partial charge in [0.25, 0.3) is 5.56 Å². The van der Waals surface area contributed by atoms with Crippen LogP contribution in [0, 0.1) is 28.9 Å². The van der Waals surface area contributed by atoms with Crippen molar-refractivity contribution in [2.24, 2.45) is 5.92 Å². The number of esters is 1. The van der Waals surface area contributed by atoms with Crippen LogP contribution < -0.4 is 15.2 Å². The summed E-state index contributed by atoms with van der Waals surface area (Å²) in [6.45, 7) is 5.90. The molecular formula is C23H29N4O8PS. The summed E-state index contributed by atoms with van der Waals surface area (Å²) in [4.78, 5) is 26.6. The van der Waals surface area contributed by atoms with Gasteiger partial charge in [0, 0.05) is 11.8 Å². The maximum atomic E-state index is 13.7. The van der Waals surface area contributed by atoms with Crippen molar-refractivity contribution in [3.05, 3.63) is 57.2 Å². The van der Waals surface area contributed by atoms with Crippen LogP contribution in [0.2, 0.25) is 0 Å². The highest BCUT2D eigenvalue weighted by atomic mass is 32.1. The second-order valence-electron chi connectivity index (χ2n) is 8.72. The number of para-hydroxylation sites is 1. The molecule has 0 amide bonds. The molecule has 3 rings (SSSR count). The van der Waals surface area contributed by atoms with Gasteiger partial charge in [0.05, 0.1) is 18.8 Å². The predicted octanol–water partition coefficient (Wildman–Crippen LogP) is 2.75. The van der Waals surface area contributed by atoms with E-state index in [4.69, 9.17) is 30.7 Å². The monoisotopic (exact) mass is 552 g/mol. The van der Waals surface area contributed by atoms with Crippen LogP contribution in [0.5, 0.6) is 5.75 Å². The van der Waals surface area contributed by atoms with Crippen molar-refractivity contribution < 1.29 is 33.0 Å². The lowest BCUT2D eigenvalue weighted by molar-refractivity contribution is -0.149. The van der Waals surface area contributed by atoms with Gasteiger partial charge >= 0.3 is 13.7 Å². The molecule has 0 radical (unpaired) electrons. The van der Waals surface area contributed by atoms with Gasteiger partial charge in [-0.2, -0.15) is 10.3 Å². The van der Waals surface area contributed by atoms with E-state index < -0.39 is 56.8 Å². The van der Waals surface area contributed by atoms with E-state index in [1.807, 2.05) is 6.07 Å². The van der Waals surface area contributed by atoms with Gasteiger partial charge < -0.3 is 19.1 Å². The number of aromatic amines is 1. The molecule has 200 valence electrons. The fourth-order valence-electron chi connectivity index (χ4n) is 3.54. The SMILES string of the molecule is Cc1cn([C@H]2O[C@@H](COP(=O)(N[C@@H](C)C(=O)OC(C)C)Oc3ccccc3)C(O)[C@H]2C#N)c(=S)[nH]c1=O. The van der Waals surface area contributed by atoms with Crippen LogP contribution in [0.15, 0.2) is 41.3 Å². The molecule has 1 aromatic heterocycles. The van der Waals surface area contributed by atoms with Crippen molar-refractivity contribution in [1.82, 2.24) is 14.6 Å². The van der Waals surface area contributed by atoms with Gasteiger partial charge in [-0.05, 0) is 52.0 Å². The molecule has 14 heteroatoms. The predicted molar refractivity (Wildman–Crippen MR) is 134 cm³/mol. The van der Waals surface area contributed by atoms with Gasteiger partial charge in [-0.15, -0.1) is 0 Å². The molecule has 2 aromatic rings. The minimum Gasteiger partial charge on any atom is -0.462 e. The zero-order valence-electron chi connectivity index (χ0n) is 20.7. The van der Waals surface area contributed by atoms with Gasteiger partial charge in [0.1, 0.15) is 29.9 Å². The smallest absolute Gasteiger partial charge is 0.459 e. The lowest BCUT2D eigenvalue weighted by Gasteiger charge is -2.25. The summed E-state index contributed by atoms with van der Waals surface area (Å²) in [7, 11) is -4.22. The van der Waals surface area contributed by atoms with Crippen molar-refractivity contribution in [3.63, 3.8) is 0 Å². The Morgan fingerprint density at radius 1 is 1.35 bits per heavy atom. The molecule has 0 bridgehead atoms. The first-order chi connectivity index (χ1) is 17.4. The standard InChI is InChI=1S/C23H29N4O8PS/c1-13(2)33-22(30)15(4)26-36(31,35-16-8-6-5-7-9-16)32-12-18-19(28)17(10-24)21(34-18)27-11-14(3)20(29)25-23(27)37/h5-9,11,13,15,17-19,21,28H,12H2,1-4H3,(H,26,31)(H,25,29,37)/t15-,17+,18-,19?,21-,36?/m0/s1. The number of H-pyrrole nitrogens is 1. The minimum atomic E-state index is -4.22. The van der Waals surface area contributed by atoms with E-state index in [0.717, 1.165) is 0 Å². The highest BCUT2D eigenvalue weighted by Gasteiger charge is 2.46. The van der Waals surface area contributed by atoms with Crippen LogP contribution in [-0.2, 0) is 23.4 Å². The summed E-state index contributed by atoms with van der Waals surface area (Å²) >= 11 is 5.20. The summed E-state index contributed by atoms with van der Waals surface area (Å²) in [5.74, 6) is -1.54. The van der Waals surface area contributed by atoms with E-state index in [2.05, 4.69) is 10.1 Å². The highest BCUT2D eigenvalue weighted by molar-refractivity contribution is 7.71. The summed E-state index contributed by atoms with van der Waals surface area (Å²) in [5, 5.41) is 23.0. The summed E-state index contributed by atoms with van der Waals surface area (Å²) in [5.41, 5.74) is -0.0568. The Bertz CT molecular complexity index is 1310. The van der Waals surface area contributed by atoms with Gasteiger partial charge in [0.15, 0.2) is 11.0 Å². The fraction of sp³-hybridized carbons (Fsp3) is 0.478. The molecule has 6 atom stereocenters. The van der Waals surface area contributed by atoms with Gasteiger partial charge in [-0.25, -0.2) is 4.57 Å². The molecule has 2 unspecified atom stereocenters. The number of aliphatic hydroxyl groups excluding tert-OH is 1. The third-order valence-corrected chi connectivity index (χ3v) is 7.33. The zero-order chi connectivity index (χ0) is 27.3. The number of aromatic nitrogens is 2. The van der Waals surface area contributed by atoms with Gasteiger partial charge in [-0.1, -0.05) is 18.2 Å². The summed E-state index contributed by atoms with van der Waals surface area (Å²) in [6.07, 6.45) is -2.47. The molecule has 0 spiro atoms. The summed E-state index contributed by atoms with van der Waals surface area (Å²) in [6, 6.07) is 9.10. The molecule has 1 fully saturated rings. The molecule has 37 heavy (non-hydrogen) atoms. The molecule has 2 heterocycles. The zero-order valence-corrected chi connectivity index (χ0v) is 22.4. The van der Waals surface area contributed by atoms with E-state index in [1.165, 1.54) is 17.7 Å². The number of hydrogen-bond donors (Lipinski definition) is 3. The Balaban J connectivity index is 1.81. The second-order valence-corrected chi connectivity index (χ2v) is 10.8. The highest BCUT2D eigenvalue weighted by Crippen LogP contribution is 2.46. The maximum absolute atomic E-state index is 13.7. The fourth-order valence-corrected chi connectivity index (χ4v) is 5.29. The molecule has 1 aliphatic heterocycles. The Kier molecular flexibility index (Phi) is 9.41. The number of nitrogens with zero attached hydrogens (tertiary/aromatic N) is 2. The topological polar surface area (TPSA) is 165 Å². The Hall–Kier alpha value is -2.85. The van der Waals surface area contributed by atoms with Crippen molar-refractivity contribution in [1.29, 1.82) is 5.26 Å². The average molecular weight is 553 g/mol. The number of carbonyl (C=O) groups excluding carboxylic acids is 1. The van der Waals surface area contributed by atoms with Crippen molar-refractivity contribution in [2.75, 3.05) is 6.61 Å². The third kappa shape index (κ3) is 7.13. The van der Waals surface area contributed by atoms with Crippen LogP contribution in [0.25, 0.3) is 0 Å². The van der Waals surface area contributed by atoms with Crippen LogP contribution in [0.1, 0.15) is 32.6 Å².